The van der Waals surface area contributed by atoms with Crippen LogP contribution in [-0.2, 0) is 45.6 Å². The van der Waals surface area contributed by atoms with Crippen LogP contribution < -0.4 is 25.1 Å². The third kappa shape index (κ3) is 2490. The molecule has 14 nitrogen and oxygen atoms in total. The maximum atomic E-state index is 8.54. The molecule has 0 amide bonds. The summed E-state index contributed by atoms with van der Waals surface area (Å²) in [4.78, 5) is 0. The van der Waals surface area contributed by atoms with Crippen molar-refractivity contribution in [2.45, 2.75) is 0 Å². The van der Waals surface area contributed by atoms with E-state index in [0.717, 1.165) is 0 Å². The molecule has 0 fully saturated rings. The first-order valence-corrected chi connectivity index (χ1v) is 7.79. The molecule has 2 radical (unpaired) electrons. The summed E-state index contributed by atoms with van der Waals surface area (Å²) in [5.41, 5.74) is 0. The van der Waals surface area contributed by atoms with Gasteiger partial charge in [0, 0.05) is 0 Å². The molecule has 0 aromatic heterocycles. The topological polar surface area (TPSA) is 347 Å². The maximum Gasteiger partial charge on any atom is 3.00 e. The summed E-state index contributed by atoms with van der Waals surface area (Å²) >= 11 is -11.4. The Bertz CT molecular complexity index is 118. The molecule has 0 heterocycles. The molecule has 19 heteroatoms. The van der Waals surface area contributed by atoms with Gasteiger partial charge >= 0.3 is 114 Å². The summed E-state index contributed by atoms with van der Waals surface area (Å²) < 4.78 is 76.9. The van der Waals surface area contributed by atoms with Crippen molar-refractivity contribution in [3.8, 4) is 0 Å². The molecular formula is H10Fe2O14Se3. The third-order valence-electron chi connectivity index (χ3n) is 0. The molecule has 0 aliphatic carbocycles. The minimum atomic E-state index is -3.79. The number of rotatable bonds is 0. The summed E-state index contributed by atoms with van der Waals surface area (Å²) in [6, 6.07) is 0. The van der Waals surface area contributed by atoms with Crippen molar-refractivity contribution in [1.82, 2.24) is 0 Å². The molecule has 19 heavy (non-hydrogen) atoms. The van der Waals surface area contributed by atoms with Gasteiger partial charge in [-0.05, 0) is 0 Å². The fourth-order valence-electron chi connectivity index (χ4n) is 0. The molecule has 0 saturated carbocycles. The Balaban J connectivity index is -0.00000000675. The normalized spacial score (nSPS) is 5.53. The van der Waals surface area contributed by atoms with Gasteiger partial charge in [-0.1, -0.05) is 0 Å². The van der Waals surface area contributed by atoms with E-state index in [9.17, 15) is 0 Å². The first-order chi connectivity index (χ1) is 5.20. The van der Waals surface area contributed by atoms with Crippen LogP contribution in [0.15, 0.2) is 0 Å². The fraction of sp³-hybridized carbons (Fsp3) is 0. The van der Waals surface area contributed by atoms with Gasteiger partial charge in [-0.15, -0.1) is 0 Å². The summed E-state index contributed by atoms with van der Waals surface area (Å²) in [6.45, 7) is 0. The van der Waals surface area contributed by atoms with Crippen molar-refractivity contribution in [3.05, 3.63) is 0 Å². The van der Waals surface area contributed by atoms with Gasteiger partial charge in [-0.3, -0.25) is 0 Å². The molecule has 0 spiro atoms. The molecule has 0 aromatic carbocycles. The Labute approximate surface area is 141 Å². The second-order valence-electron chi connectivity index (χ2n) is 0.612. The Hall–Kier alpha value is 1.56. The molecule has 0 atom stereocenters. The zero-order valence-electron chi connectivity index (χ0n) is 8.11. The second-order valence-corrected chi connectivity index (χ2v) is 3.18. The van der Waals surface area contributed by atoms with E-state index in [1.807, 2.05) is 0 Å². The van der Waals surface area contributed by atoms with E-state index in [2.05, 4.69) is 0 Å². The molecule has 0 aliphatic heterocycles. The van der Waals surface area contributed by atoms with Crippen molar-refractivity contribution in [1.29, 1.82) is 0 Å². The zero-order valence-corrected chi connectivity index (χ0v) is 15.5. The third-order valence-corrected chi connectivity index (χ3v) is 0. The summed E-state index contributed by atoms with van der Waals surface area (Å²) in [5.74, 6) is 0. The van der Waals surface area contributed by atoms with Crippen molar-refractivity contribution in [2.75, 3.05) is 0 Å². The zero-order chi connectivity index (χ0) is 10.7. The number of hydrogen-bond acceptors (Lipinski definition) is 9. The largest absolute Gasteiger partial charge is 3.00 e. The van der Waals surface area contributed by atoms with Crippen LogP contribution in [0.3, 0.4) is 0 Å². The minimum Gasteiger partial charge on any atom is 3.00 e. The van der Waals surface area contributed by atoms with E-state index >= 15 is 0 Å². The molecule has 0 bridgehead atoms. The molecule has 0 aliphatic rings. The first-order valence-electron chi connectivity index (χ1n) is 1.50. The van der Waals surface area contributed by atoms with E-state index in [1.165, 1.54) is 0 Å². The second kappa shape index (κ2) is 60.4. The SMILES string of the molecule is O.O.O.O.O.O=[Se]([O-])[O-].O=[Se]([O-])[O-].O=[Se]([O-])[O-].[Fe+3].[Fe+3]. The molecule has 10 N–H and O–H groups in total. The molecule has 0 rings (SSSR count). The molecular weight excluding hydrogens is 573 g/mol. The van der Waals surface area contributed by atoms with E-state index in [1.54, 1.807) is 0 Å². The summed E-state index contributed by atoms with van der Waals surface area (Å²) in [7, 11) is 0. The number of hydrogen-bond donors (Lipinski definition) is 0. The molecule has 128 valence electrons. The Morgan fingerprint density at radius 2 is 0.421 bits per heavy atom. The van der Waals surface area contributed by atoms with Crippen LogP contribution in [0.4, 0.5) is 0 Å². The fourth-order valence-corrected chi connectivity index (χ4v) is 0. The van der Waals surface area contributed by atoms with E-state index in [0.29, 0.717) is 0 Å². The smallest absolute Gasteiger partial charge is 3.00 e. The monoisotopic (exact) mass is 586 g/mol. The van der Waals surface area contributed by atoms with Crippen LogP contribution in [-0.4, -0.2) is 70.9 Å². The van der Waals surface area contributed by atoms with Gasteiger partial charge in [0.1, 0.15) is 0 Å². The van der Waals surface area contributed by atoms with Crippen molar-refractivity contribution >= 4 is 43.5 Å². The van der Waals surface area contributed by atoms with E-state index < -0.39 is 43.5 Å². The van der Waals surface area contributed by atoms with Crippen LogP contribution in [0.25, 0.3) is 0 Å². The van der Waals surface area contributed by atoms with Crippen LogP contribution in [0.2, 0.25) is 0 Å². The average Bonchev–Trinajstić information content (AvgIpc) is 1.54. The molecule has 0 saturated heterocycles. The predicted octanol–water partition coefficient (Wildman–Crippen LogP) is -12.8. The van der Waals surface area contributed by atoms with Crippen molar-refractivity contribution in [2.24, 2.45) is 0 Å². The van der Waals surface area contributed by atoms with E-state index in [4.69, 9.17) is 36.6 Å². The molecule has 0 aromatic rings. The standard InChI is InChI=1S/2Fe.3H2O3Se.5H2O/c;;3*1-4(2)3;;;;;/h;;3*(H2,1,2,3);5*1H2/q2*+3;;;;;;;;/p-6. The minimum absolute atomic E-state index is 0. The van der Waals surface area contributed by atoms with Gasteiger partial charge in [0.2, 0.25) is 0 Å². The van der Waals surface area contributed by atoms with Crippen LogP contribution >= 0.6 is 0 Å². The van der Waals surface area contributed by atoms with Crippen LogP contribution in [0, 0.1) is 0 Å². The summed E-state index contributed by atoms with van der Waals surface area (Å²) in [5, 5.41) is 0. The van der Waals surface area contributed by atoms with Gasteiger partial charge in [0.05, 0.1) is 0 Å². The van der Waals surface area contributed by atoms with Gasteiger partial charge in [-0.2, -0.15) is 0 Å². The first kappa shape index (κ1) is 70.5. The predicted molar refractivity (Wildman–Crippen MR) is 37.4 cm³/mol. The van der Waals surface area contributed by atoms with Gasteiger partial charge in [-0.25, -0.2) is 0 Å². The van der Waals surface area contributed by atoms with Crippen molar-refractivity contribution in [3.63, 3.8) is 0 Å². The molecule has 0 unspecified atom stereocenters. The van der Waals surface area contributed by atoms with Crippen LogP contribution in [0.5, 0.6) is 0 Å². The quantitative estimate of drug-likeness (QED) is 0.244. The summed E-state index contributed by atoms with van der Waals surface area (Å²) in [6.07, 6.45) is 0. The Morgan fingerprint density at radius 3 is 0.421 bits per heavy atom. The van der Waals surface area contributed by atoms with Crippen molar-refractivity contribution < 1.29 is 98.2 Å². The average molecular weight is 583 g/mol. The van der Waals surface area contributed by atoms with Gasteiger partial charge < -0.3 is 27.4 Å². The maximum absolute atomic E-state index is 8.54. The van der Waals surface area contributed by atoms with Gasteiger partial charge in [0.25, 0.3) is 0 Å². The van der Waals surface area contributed by atoms with Crippen LogP contribution in [0.1, 0.15) is 0 Å². The van der Waals surface area contributed by atoms with Gasteiger partial charge in [0.15, 0.2) is 0 Å². The Morgan fingerprint density at radius 1 is 0.421 bits per heavy atom. The van der Waals surface area contributed by atoms with E-state index in [-0.39, 0.29) is 61.5 Å². The Kier molecular flexibility index (Phi) is 224.